The SMILES string of the molecule is O=P(Cc1c(-c2ccccc2)cc(-c2ccccc2)cc1-c1ccccc1)(c1ccccc1)c1ccccc1. The van der Waals surface area contributed by atoms with Crippen LogP contribution in [0.15, 0.2) is 164 Å². The molecule has 1 nitrogen and oxygen atoms in total. The first-order valence-corrected chi connectivity index (χ1v) is 15.1. The van der Waals surface area contributed by atoms with Crippen LogP contribution in [0.1, 0.15) is 5.56 Å². The van der Waals surface area contributed by atoms with Crippen LogP contribution in [-0.4, -0.2) is 0 Å². The molecule has 188 valence electrons. The van der Waals surface area contributed by atoms with Gasteiger partial charge in [0.15, 0.2) is 0 Å². The molecule has 39 heavy (non-hydrogen) atoms. The lowest BCUT2D eigenvalue weighted by Crippen LogP contribution is -2.18. The van der Waals surface area contributed by atoms with Crippen molar-refractivity contribution in [1.29, 1.82) is 0 Å². The second-order valence-corrected chi connectivity index (χ2v) is 12.5. The van der Waals surface area contributed by atoms with E-state index in [1.165, 1.54) is 0 Å². The molecule has 2 heteroatoms. The van der Waals surface area contributed by atoms with Gasteiger partial charge >= 0.3 is 0 Å². The molecule has 0 fully saturated rings. The van der Waals surface area contributed by atoms with Gasteiger partial charge in [-0.2, -0.15) is 0 Å². The van der Waals surface area contributed by atoms with Crippen molar-refractivity contribution in [1.82, 2.24) is 0 Å². The first kappa shape index (κ1) is 24.9. The van der Waals surface area contributed by atoms with E-state index < -0.39 is 7.14 Å². The molecular formula is C37H29OP. The minimum atomic E-state index is -3.03. The normalized spacial score (nSPS) is 11.3. The first-order chi connectivity index (χ1) is 19.2. The van der Waals surface area contributed by atoms with E-state index in [1.54, 1.807) is 0 Å². The lowest BCUT2D eigenvalue weighted by Gasteiger charge is -2.24. The van der Waals surface area contributed by atoms with Crippen LogP contribution in [-0.2, 0) is 10.7 Å². The fraction of sp³-hybridized carbons (Fsp3) is 0.0270. The van der Waals surface area contributed by atoms with E-state index in [0.717, 1.165) is 49.6 Å². The highest BCUT2D eigenvalue weighted by Gasteiger charge is 2.30. The summed E-state index contributed by atoms with van der Waals surface area (Å²) in [6.07, 6.45) is 0.421. The van der Waals surface area contributed by atoms with Crippen LogP contribution in [0.5, 0.6) is 0 Å². The molecule has 0 saturated carbocycles. The summed E-state index contributed by atoms with van der Waals surface area (Å²) in [5.74, 6) is 0. The zero-order chi connectivity index (χ0) is 26.5. The smallest absolute Gasteiger partial charge is 0.147 e. The van der Waals surface area contributed by atoms with Crippen LogP contribution in [0.3, 0.4) is 0 Å². The Hall–Kier alpha value is -4.45. The van der Waals surface area contributed by atoms with Gasteiger partial charge in [0.25, 0.3) is 0 Å². The van der Waals surface area contributed by atoms with Gasteiger partial charge in [-0.1, -0.05) is 152 Å². The van der Waals surface area contributed by atoms with Crippen molar-refractivity contribution in [2.45, 2.75) is 6.16 Å². The molecule has 6 rings (SSSR count). The maximum Gasteiger partial charge on any atom is 0.147 e. The van der Waals surface area contributed by atoms with Gasteiger partial charge in [0, 0.05) is 16.8 Å². The minimum Gasteiger partial charge on any atom is -0.313 e. The summed E-state index contributed by atoms with van der Waals surface area (Å²) in [7, 11) is -3.03. The van der Waals surface area contributed by atoms with E-state index in [9.17, 15) is 0 Å². The average Bonchev–Trinajstić information content (AvgIpc) is 3.03. The Morgan fingerprint density at radius 3 is 1.10 bits per heavy atom. The summed E-state index contributed by atoms with van der Waals surface area (Å²) in [5.41, 5.74) is 7.87. The maximum absolute atomic E-state index is 15.3. The Bertz CT molecular complexity index is 1610. The third kappa shape index (κ3) is 5.15. The quantitative estimate of drug-likeness (QED) is 0.192. The predicted molar refractivity (Wildman–Crippen MR) is 166 cm³/mol. The molecule has 0 N–H and O–H groups in total. The number of hydrogen-bond donors (Lipinski definition) is 0. The van der Waals surface area contributed by atoms with E-state index in [-0.39, 0.29) is 0 Å². The van der Waals surface area contributed by atoms with E-state index in [0.29, 0.717) is 6.16 Å². The molecule has 0 amide bonds. The topological polar surface area (TPSA) is 17.1 Å². The highest BCUT2D eigenvalue weighted by molar-refractivity contribution is 7.78. The second kappa shape index (κ2) is 11.1. The first-order valence-electron chi connectivity index (χ1n) is 13.3. The van der Waals surface area contributed by atoms with E-state index in [4.69, 9.17) is 0 Å². The van der Waals surface area contributed by atoms with Crippen LogP contribution in [0.25, 0.3) is 33.4 Å². The second-order valence-electron chi connectivity index (χ2n) is 9.72. The predicted octanol–water partition coefficient (Wildman–Crippen LogP) is 9.20. The van der Waals surface area contributed by atoms with Crippen LogP contribution in [0.4, 0.5) is 0 Å². The fourth-order valence-electron chi connectivity index (χ4n) is 5.28. The summed E-state index contributed by atoms with van der Waals surface area (Å²) in [4.78, 5) is 0. The Labute approximate surface area is 230 Å². The lowest BCUT2D eigenvalue weighted by molar-refractivity contribution is 0.586. The van der Waals surface area contributed by atoms with Gasteiger partial charge in [-0.3, -0.25) is 0 Å². The van der Waals surface area contributed by atoms with Gasteiger partial charge in [0.2, 0.25) is 0 Å². The van der Waals surface area contributed by atoms with Gasteiger partial charge < -0.3 is 4.57 Å². The molecule has 0 aromatic heterocycles. The van der Waals surface area contributed by atoms with Gasteiger partial charge in [-0.05, 0) is 51.1 Å². The largest absolute Gasteiger partial charge is 0.313 e. The van der Waals surface area contributed by atoms with Crippen LogP contribution in [0, 0.1) is 0 Å². The van der Waals surface area contributed by atoms with Gasteiger partial charge in [0.05, 0.1) is 0 Å². The number of benzene rings is 6. The molecular weight excluding hydrogens is 491 g/mol. The Morgan fingerprint density at radius 2 is 0.718 bits per heavy atom. The van der Waals surface area contributed by atoms with E-state index in [1.807, 2.05) is 78.9 Å². The Balaban J connectivity index is 1.66. The summed E-state index contributed by atoms with van der Waals surface area (Å²) in [5, 5.41) is 1.75. The van der Waals surface area contributed by atoms with Crippen molar-refractivity contribution in [2.24, 2.45) is 0 Å². The number of rotatable bonds is 7. The standard InChI is InChI=1S/C37H29OP/c38-39(33-22-12-4-13-23-33,34-24-14-5-15-25-34)28-37-35(30-18-8-2-9-19-30)26-32(29-16-6-1-7-17-29)27-36(37)31-20-10-3-11-21-31/h1-27H,28H2. The summed E-state index contributed by atoms with van der Waals surface area (Å²) >= 11 is 0. The Kier molecular flexibility index (Phi) is 7.09. The molecule has 0 aliphatic heterocycles. The molecule has 0 bridgehead atoms. The fourth-order valence-corrected chi connectivity index (χ4v) is 8.04. The molecule has 0 atom stereocenters. The van der Waals surface area contributed by atoms with Crippen molar-refractivity contribution >= 4 is 17.8 Å². The van der Waals surface area contributed by atoms with Gasteiger partial charge in [0.1, 0.15) is 7.14 Å². The van der Waals surface area contributed by atoms with Gasteiger partial charge in [-0.15, -0.1) is 0 Å². The monoisotopic (exact) mass is 520 g/mol. The van der Waals surface area contributed by atoms with Crippen molar-refractivity contribution in [2.75, 3.05) is 0 Å². The Morgan fingerprint density at radius 1 is 0.385 bits per heavy atom. The van der Waals surface area contributed by atoms with E-state index >= 15 is 4.57 Å². The molecule has 0 heterocycles. The van der Waals surface area contributed by atoms with Crippen LogP contribution >= 0.6 is 7.14 Å². The molecule has 0 radical (unpaired) electrons. The lowest BCUT2D eigenvalue weighted by atomic mass is 9.88. The molecule has 0 saturated heterocycles. The number of hydrogen-bond acceptors (Lipinski definition) is 1. The molecule has 0 spiro atoms. The molecule has 0 unspecified atom stereocenters. The molecule has 0 aliphatic carbocycles. The summed E-state index contributed by atoms with van der Waals surface area (Å²) in [6.45, 7) is 0. The highest BCUT2D eigenvalue weighted by Crippen LogP contribution is 2.51. The maximum atomic E-state index is 15.3. The minimum absolute atomic E-state index is 0.421. The average molecular weight is 521 g/mol. The van der Waals surface area contributed by atoms with Crippen molar-refractivity contribution in [3.8, 4) is 33.4 Å². The van der Waals surface area contributed by atoms with E-state index in [2.05, 4.69) is 84.9 Å². The van der Waals surface area contributed by atoms with Crippen molar-refractivity contribution in [3.05, 3.63) is 169 Å². The molecule has 6 aromatic rings. The third-order valence-electron chi connectivity index (χ3n) is 7.25. The molecule has 6 aromatic carbocycles. The highest BCUT2D eigenvalue weighted by atomic mass is 31.2. The third-order valence-corrected chi connectivity index (χ3v) is 10.3. The molecule has 0 aliphatic rings. The van der Waals surface area contributed by atoms with Crippen LogP contribution < -0.4 is 10.6 Å². The van der Waals surface area contributed by atoms with Crippen LogP contribution in [0.2, 0.25) is 0 Å². The summed E-state index contributed by atoms with van der Waals surface area (Å²) in [6, 6.07) is 56.0. The van der Waals surface area contributed by atoms with Gasteiger partial charge in [-0.25, -0.2) is 0 Å². The van der Waals surface area contributed by atoms with Crippen molar-refractivity contribution in [3.63, 3.8) is 0 Å². The zero-order valence-electron chi connectivity index (χ0n) is 21.7. The summed E-state index contributed by atoms with van der Waals surface area (Å²) < 4.78 is 15.3. The van der Waals surface area contributed by atoms with Crippen molar-refractivity contribution < 1.29 is 4.57 Å². The zero-order valence-corrected chi connectivity index (χ0v) is 22.5.